The molecule has 126 valence electrons. The second-order valence-corrected chi connectivity index (χ2v) is 5.73. The Morgan fingerprint density at radius 1 is 1.08 bits per heavy atom. The van der Waals surface area contributed by atoms with E-state index in [9.17, 15) is 9.59 Å². The van der Waals surface area contributed by atoms with E-state index in [4.69, 9.17) is 0 Å². The van der Waals surface area contributed by atoms with Crippen molar-refractivity contribution in [1.29, 1.82) is 0 Å². The van der Waals surface area contributed by atoms with Crippen molar-refractivity contribution in [3.63, 3.8) is 0 Å². The molecule has 1 saturated heterocycles. The van der Waals surface area contributed by atoms with Crippen LogP contribution in [0.4, 0.5) is 5.69 Å². The summed E-state index contributed by atoms with van der Waals surface area (Å²) in [6.07, 6.45) is 1.56. The Labute approximate surface area is 140 Å². The molecule has 7 nitrogen and oxygen atoms in total. The van der Waals surface area contributed by atoms with E-state index in [0.717, 1.165) is 13.1 Å². The lowest BCUT2D eigenvalue weighted by Gasteiger charge is -2.36. The number of anilines is 1. The maximum Gasteiger partial charge on any atom is 0.269 e. The van der Waals surface area contributed by atoms with Crippen LogP contribution in [0, 0.1) is 0 Å². The lowest BCUT2D eigenvalue weighted by Crippen LogP contribution is -2.51. The van der Waals surface area contributed by atoms with Gasteiger partial charge in [-0.15, -0.1) is 0 Å². The van der Waals surface area contributed by atoms with Crippen molar-refractivity contribution in [2.75, 3.05) is 37.6 Å². The number of hydrogen-bond donors (Lipinski definition) is 1. The van der Waals surface area contributed by atoms with Crippen LogP contribution in [0.3, 0.4) is 0 Å². The van der Waals surface area contributed by atoms with Gasteiger partial charge >= 0.3 is 0 Å². The van der Waals surface area contributed by atoms with Gasteiger partial charge in [-0.1, -0.05) is 18.2 Å². The van der Waals surface area contributed by atoms with E-state index in [1.54, 1.807) is 24.2 Å². The van der Waals surface area contributed by atoms with Crippen molar-refractivity contribution in [3.05, 3.63) is 48.3 Å². The standard InChI is InChI=1S/C17H21N5O2/c1-20-15(7-8-19-20)17(24)18-13-16(23)22-11-9-21(10-12-22)14-5-3-2-4-6-14/h2-8H,9-13H2,1H3,(H,18,24). The largest absolute Gasteiger partial charge is 0.368 e. The Morgan fingerprint density at radius 3 is 2.42 bits per heavy atom. The molecule has 0 bridgehead atoms. The topological polar surface area (TPSA) is 70.5 Å². The highest BCUT2D eigenvalue weighted by molar-refractivity contribution is 5.95. The highest BCUT2D eigenvalue weighted by Crippen LogP contribution is 2.15. The number of nitrogens with zero attached hydrogens (tertiary/aromatic N) is 4. The molecule has 0 atom stereocenters. The van der Waals surface area contributed by atoms with E-state index in [0.29, 0.717) is 18.8 Å². The van der Waals surface area contributed by atoms with E-state index in [1.807, 2.05) is 18.2 Å². The predicted molar refractivity (Wildman–Crippen MR) is 90.8 cm³/mol. The first-order valence-electron chi connectivity index (χ1n) is 7.99. The van der Waals surface area contributed by atoms with Crippen molar-refractivity contribution < 1.29 is 9.59 Å². The van der Waals surface area contributed by atoms with Gasteiger partial charge in [0.05, 0.1) is 6.54 Å². The van der Waals surface area contributed by atoms with Gasteiger partial charge in [0.1, 0.15) is 5.69 Å². The normalized spacial score (nSPS) is 14.5. The minimum absolute atomic E-state index is 0.00928. The molecule has 2 heterocycles. The van der Waals surface area contributed by atoms with Crippen molar-refractivity contribution in [2.24, 2.45) is 7.05 Å². The monoisotopic (exact) mass is 327 g/mol. The molecule has 1 fully saturated rings. The van der Waals surface area contributed by atoms with Crippen molar-refractivity contribution >= 4 is 17.5 Å². The molecule has 0 unspecified atom stereocenters. The Bertz CT molecular complexity index is 705. The minimum Gasteiger partial charge on any atom is -0.368 e. The van der Waals surface area contributed by atoms with Gasteiger partial charge in [0, 0.05) is 45.1 Å². The first kappa shape index (κ1) is 16.0. The summed E-state index contributed by atoms with van der Waals surface area (Å²) < 4.78 is 1.48. The molecule has 0 aliphatic carbocycles. The summed E-state index contributed by atoms with van der Waals surface area (Å²) in [7, 11) is 1.69. The Balaban J connectivity index is 1.47. The smallest absolute Gasteiger partial charge is 0.269 e. The minimum atomic E-state index is -0.286. The van der Waals surface area contributed by atoms with E-state index < -0.39 is 0 Å². The van der Waals surface area contributed by atoms with Gasteiger partial charge in [-0.05, 0) is 18.2 Å². The quantitative estimate of drug-likeness (QED) is 0.888. The zero-order chi connectivity index (χ0) is 16.9. The zero-order valence-electron chi connectivity index (χ0n) is 13.7. The van der Waals surface area contributed by atoms with Crippen LogP contribution in [0.25, 0.3) is 0 Å². The first-order valence-corrected chi connectivity index (χ1v) is 7.99. The number of amides is 2. The summed E-state index contributed by atoms with van der Waals surface area (Å²) >= 11 is 0. The Hall–Kier alpha value is -2.83. The van der Waals surface area contributed by atoms with Gasteiger partial charge in [0.2, 0.25) is 5.91 Å². The van der Waals surface area contributed by atoms with Gasteiger partial charge in [0.15, 0.2) is 0 Å². The zero-order valence-corrected chi connectivity index (χ0v) is 13.7. The number of carbonyl (C=O) groups is 2. The second kappa shape index (κ2) is 7.16. The molecule has 7 heteroatoms. The fourth-order valence-corrected chi connectivity index (χ4v) is 2.81. The van der Waals surface area contributed by atoms with Crippen LogP contribution >= 0.6 is 0 Å². The van der Waals surface area contributed by atoms with E-state index in [-0.39, 0.29) is 18.4 Å². The molecule has 0 spiro atoms. The van der Waals surface area contributed by atoms with Crippen LogP contribution in [0.2, 0.25) is 0 Å². The van der Waals surface area contributed by atoms with Gasteiger partial charge < -0.3 is 15.1 Å². The van der Waals surface area contributed by atoms with Gasteiger partial charge in [-0.2, -0.15) is 5.10 Å². The highest BCUT2D eigenvalue weighted by atomic mass is 16.2. The molecule has 1 aliphatic heterocycles. The van der Waals surface area contributed by atoms with Gasteiger partial charge in [-0.25, -0.2) is 0 Å². The van der Waals surface area contributed by atoms with E-state index >= 15 is 0 Å². The van der Waals surface area contributed by atoms with E-state index in [2.05, 4.69) is 27.4 Å². The third kappa shape index (κ3) is 3.56. The van der Waals surface area contributed by atoms with Crippen molar-refractivity contribution in [1.82, 2.24) is 20.0 Å². The van der Waals surface area contributed by atoms with Crippen molar-refractivity contribution in [2.45, 2.75) is 0 Å². The molecule has 24 heavy (non-hydrogen) atoms. The second-order valence-electron chi connectivity index (χ2n) is 5.73. The van der Waals surface area contributed by atoms with Crippen LogP contribution in [0.5, 0.6) is 0 Å². The summed E-state index contributed by atoms with van der Waals surface area (Å²) in [6.45, 7) is 2.93. The third-order valence-corrected chi connectivity index (χ3v) is 4.21. The number of aryl methyl sites for hydroxylation is 1. The Kier molecular flexibility index (Phi) is 4.79. The fraction of sp³-hybridized carbons (Fsp3) is 0.353. The molecule has 1 aliphatic rings. The molecular weight excluding hydrogens is 306 g/mol. The molecule has 2 aromatic rings. The number of aromatic nitrogens is 2. The SMILES string of the molecule is Cn1nccc1C(=O)NCC(=O)N1CCN(c2ccccc2)CC1. The summed E-state index contributed by atoms with van der Waals surface area (Å²) in [5.74, 6) is -0.343. The third-order valence-electron chi connectivity index (χ3n) is 4.21. The van der Waals surface area contributed by atoms with Gasteiger partial charge in [-0.3, -0.25) is 14.3 Å². The summed E-state index contributed by atoms with van der Waals surface area (Å²) in [6, 6.07) is 11.8. The molecule has 0 saturated carbocycles. The maximum atomic E-state index is 12.3. The van der Waals surface area contributed by atoms with Crippen LogP contribution in [-0.2, 0) is 11.8 Å². The van der Waals surface area contributed by atoms with Crippen LogP contribution in [0.15, 0.2) is 42.6 Å². The first-order chi connectivity index (χ1) is 11.6. The molecular formula is C17H21N5O2. The number of carbonyl (C=O) groups excluding carboxylic acids is 2. The average molecular weight is 327 g/mol. The summed E-state index contributed by atoms with van der Waals surface area (Å²) in [4.78, 5) is 28.3. The number of nitrogens with one attached hydrogen (secondary N) is 1. The van der Waals surface area contributed by atoms with Crippen molar-refractivity contribution in [3.8, 4) is 0 Å². The summed E-state index contributed by atoms with van der Waals surface area (Å²) in [5.41, 5.74) is 1.62. The molecule has 2 amide bonds. The van der Waals surface area contributed by atoms with Gasteiger partial charge in [0.25, 0.3) is 5.91 Å². The summed E-state index contributed by atoms with van der Waals surface area (Å²) in [5, 5.41) is 6.61. The van der Waals surface area contributed by atoms with E-state index in [1.165, 1.54) is 10.4 Å². The number of para-hydroxylation sites is 1. The van der Waals surface area contributed by atoms with Crippen LogP contribution in [0.1, 0.15) is 10.5 Å². The fourth-order valence-electron chi connectivity index (χ4n) is 2.81. The molecule has 3 rings (SSSR count). The van der Waals surface area contributed by atoms with Crippen LogP contribution < -0.4 is 10.2 Å². The number of rotatable bonds is 4. The predicted octanol–water partition coefficient (Wildman–Crippen LogP) is 0.499. The number of benzene rings is 1. The molecule has 1 aromatic carbocycles. The highest BCUT2D eigenvalue weighted by Gasteiger charge is 2.21. The Morgan fingerprint density at radius 2 is 1.79 bits per heavy atom. The molecule has 1 aromatic heterocycles. The number of hydrogen-bond acceptors (Lipinski definition) is 4. The molecule has 0 radical (unpaired) electrons. The van der Waals surface area contributed by atoms with Crippen LogP contribution in [-0.4, -0.2) is 59.2 Å². The lowest BCUT2D eigenvalue weighted by atomic mass is 10.2. The lowest BCUT2D eigenvalue weighted by molar-refractivity contribution is -0.130. The number of piperazine rings is 1. The maximum absolute atomic E-state index is 12.3. The molecule has 1 N–H and O–H groups in total. The average Bonchev–Trinajstić information content (AvgIpc) is 3.06.